The van der Waals surface area contributed by atoms with Crippen molar-refractivity contribution in [2.75, 3.05) is 5.32 Å². The molecule has 3 rings (SSSR count). The molecular weight excluding hydrogens is 337 g/mol. The van der Waals surface area contributed by atoms with Gasteiger partial charge in [0, 0.05) is 27.8 Å². The molecule has 5 nitrogen and oxygen atoms in total. The van der Waals surface area contributed by atoms with Gasteiger partial charge < -0.3 is 16.0 Å². The van der Waals surface area contributed by atoms with Crippen LogP contribution in [-0.2, 0) is 9.59 Å². The molecule has 3 N–H and O–H groups in total. The third-order valence-corrected chi connectivity index (χ3v) is 4.80. The molecule has 0 radical (unpaired) electrons. The number of carbonyl (C=O) groups is 2. The number of anilines is 1. The van der Waals surface area contributed by atoms with Crippen molar-refractivity contribution in [1.29, 1.82) is 0 Å². The molecule has 1 heterocycles. The fourth-order valence-electron chi connectivity index (χ4n) is 3.30. The zero-order chi connectivity index (χ0) is 16.4. The molecule has 0 bridgehead atoms. The van der Waals surface area contributed by atoms with Crippen molar-refractivity contribution in [2.24, 2.45) is 0 Å². The molecule has 1 aromatic rings. The van der Waals surface area contributed by atoms with Gasteiger partial charge in [-0.05, 0) is 31.0 Å². The summed E-state index contributed by atoms with van der Waals surface area (Å²) < 4.78 is 0. The van der Waals surface area contributed by atoms with Crippen molar-refractivity contribution in [1.82, 2.24) is 10.6 Å². The number of amides is 2. The van der Waals surface area contributed by atoms with Crippen LogP contribution in [0.3, 0.4) is 0 Å². The molecule has 3 atom stereocenters. The molecule has 1 aliphatic heterocycles. The van der Waals surface area contributed by atoms with Gasteiger partial charge in [-0.15, -0.1) is 0 Å². The highest BCUT2D eigenvalue weighted by Gasteiger charge is 2.36. The molecule has 7 heteroatoms. The molecule has 0 aromatic heterocycles. The number of hydrogen-bond acceptors (Lipinski definition) is 3. The Hall–Kier alpha value is -1.30. The van der Waals surface area contributed by atoms with Gasteiger partial charge in [-0.25, -0.2) is 0 Å². The predicted molar refractivity (Wildman–Crippen MR) is 90.8 cm³/mol. The van der Waals surface area contributed by atoms with Gasteiger partial charge in [0.15, 0.2) is 0 Å². The summed E-state index contributed by atoms with van der Waals surface area (Å²) >= 11 is 11.8. The highest BCUT2D eigenvalue weighted by molar-refractivity contribution is 6.35. The van der Waals surface area contributed by atoms with Crippen LogP contribution in [0.4, 0.5) is 5.69 Å². The Kier molecular flexibility index (Phi) is 5.09. The van der Waals surface area contributed by atoms with Gasteiger partial charge in [0.05, 0.1) is 12.5 Å². The number of nitrogens with one attached hydrogen (secondary N) is 3. The Balaban J connectivity index is 1.59. The molecule has 1 aromatic carbocycles. The van der Waals surface area contributed by atoms with Crippen LogP contribution in [0, 0.1) is 0 Å². The first kappa shape index (κ1) is 16.6. The lowest BCUT2D eigenvalue weighted by molar-refractivity contribution is -0.129. The maximum Gasteiger partial charge on any atom is 0.237 e. The van der Waals surface area contributed by atoms with E-state index in [1.807, 2.05) is 0 Å². The maximum absolute atomic E-state index is 12.2. The van der Waals surface area contributed by atoms with Crippen LogP contribution in [0.5, 0.6) is 0 Å². The summed E-state index contributed by atoms with van der Waals surface area (Å²) in [5, 5.41) is 9.99. The largest absolute Gasteiger partial charge is 0.350 e. The first-order chi connectivity index (χ1) is 11.0. The van der Waals surface area contributed by atoms with Gasteiger partial charge >= 0.3 is 0 Å². The number of benzene rings is 1. The summed E-state index contributed by atoms with van der Waals surface area (Å²) in [7, 11) is 0. The molecule has 23 heavy (non-hydrogen) atoms. The number of carbonyl (C=O) groups excluding carboxylic acids is 2. The SMILES string of the molecule is O=C(C[C@H]1N[C@H]2CCCC[C@H]2NC1=O)Nc1cc(Cl)cc(Cl)c1. The zero-order valence-electron chi connectivity index (χ0n) is 12.6. The third-order valence-electron chi connectivity index (χ3n) is 4.36. The Morgan fingerprint density at radius 1 is 1.13 bits per heavy atom. The number of halogens is 2. The van der Waals surface area contributed by atoms with Crippen molar-refractivity contribution in [3.63, 3.8) is 0 Å². The first-order valence-corrected chi connectivity index (χ1v) is 8.59. The van der Waals surface area contributed by atoms with E-state index in [0.29, 0.717) is 15.7 Å². The number of rotatable bonds is 3. The van der Waals surface area contributed by atoms with Gasteiger partial charge in [0.2, 0.25) is 11.8 Å². The van der Waals surface area contributed by atoms with E-state index in [9.17, 15) is 9.59 Å². The molecule has 1 saturated heterocycles. The Bertz CT molecular complexity index is 603. The summed E-state index contributed by atoms with van der Waals surface area (Å²) in [6, 6.07) is 4.80. The second kappa shape index (κ2) is 7.07. The highest BCUT2D eigenvalue weighted by atomic mass is 35.5. The van der Waals surface area contributed by atoms with Crippen LogP contribution in [0.1, 0.15) is 32.1 Å². The van der Waals surface area contributed by atoms with Crippen LogP contribution >= 0.6 is 23.2 Å². The molecule has 124 valence electrons. The van der Waals surface area contributed by atoms with Crippen molar-refractivity contribution in [3.8, 4) is 0 Å². The summed E-state index contributed by atoms with van der Waals surface area (Å²) in [6.45, 7) is 0. The first-order valence-electron chi connectivity index (χ1n) is 7.83. The normalized spacial score (nSPS) is 27.0. The quantitative estimate of drug-likeness (QED) is 0.780. The lowest BCUT2D eigenvalue weighted by Crippen LogP contribution is -2.65. The molecule has 1 aliphatic carbocycles. The minimum Gasteiger partial charge on any atom is -0.350 e. The minimum atomic E-state index is -0.496. The molecule has 1 saturated carbocycles. The standard InChI is InChI=1S/C16H19Cl2N3O2/c17-9-5-10(18)7-11(6-9)19-15(22)8-14-16(23)21-13-4-2-1-3-12(13)20-14/h5-7,12-14,20H,1-4,8H2,(H,19,22)(H,21,23)/t12-,13+,14+/m0/s1. The van der Waals surface area contributed by atoms with Crippen LogP contribution in [-0.4, -0.2) is 29.9 Å². The Labute approximate surface area is 145 Å². The predicted octanol–water partition coefficient (Wildman–Crippen LogP) is 2.72. The Morgan fingerprint density at radius 3 is 2.48 bits per heavy atom. The van der Waals surface area contributed by atoms with E-state index in [0.717, 1.165) is 25.7 Å². The molecule has 0 spiro atoms. The van der Waals surface area contributed by atoms with Crippen LogP contribution in [0.25, 0.3) is 0 Å². The summed E-state index contributed by atoms with van der Waals surface area (Å²) in [5.74, 6) is -0.349. The summed E-state index contributed by atoms with van der Waals surface area (Å²) in [5.41, 5.74) is 0.527. The summed E-state index contributed by atoms with van der Waals surface area (Å²) in [4.78, 5) is 24.3. The van der Waals surface area contributed by atoms with E-state index in [2.05, 4.69) is 16.0 Å². The lowest BCUT2D eigenvalue weighted by Gasteiger charge is -2.40. The fraction of sp³-hybridized carbons (Fsp3) is 0.500. The summed E-state index contributed by atoms with van der Waals surface area (Å²) in [6.07, 6.45) is 4.42. The van der Waals surface area contributed by atoms with E-state index in [4.69, 9.17) is 23.2 Å². The van der Waals surface area contributed by atoms with Crippen molar-refractivity contribution in [3.05, 3.63) is 28.2 Å². The van der Waals surface area contributed by atoms with Gasteiger partial charge in [-0.1, -0.05) is 36.0 Å². The smallest absolute Gasteiger partial charge is 0.237 e. The van der Waals surface area contributed by atoms with E-state index >= 15 is 0 Å². The molecule has 2 fully saturated rings. The van der Waals surface area contributed by atoms with Crippen molar-refractivity contribution >= 4 is 40.7 Å². The van der Waals surface area contributed by atoms with Crippen LogP contribution < -0.4 is 16.0 Å². The number of fused-ring (bicyclic) bond motifs is 1. The highest BCUT2D eigenvalue weighted by Crippen LogP contribution is 2.24. The number of piperazine rings is 1. The van der Waals surface area contributed by atoms with Crippen LogP contribution in [0.15, 0.2) is 18.2 Å². The maximum atomic E-state index is 12.2. The van der Waals surface area contributed by atoms with Crippen LogP contribution in [0.2, 0.25) is 10.0 Å². The van der Waals surface area contributed by atoms with Crippen molar-refractivity contribution in [2.45, 2.75) is 50.2 Å². The monoisotopic (exact) mass is 355 g/mol. The second-order valence-electron chi connectivity index (χ2n) is 6.14. The van der Waals surface area contributed by atoms with Gasteiger partial charge in [0.1, 0.15) is 0 Å². The van der Waals surface area contributed by atoms with Crippen molar-refractivity contribution < 1.29 is 9.59 Å². The van der Waals surface area contributed by atoms with Gasteiger partial charge in [-0.3, -0.25) is 9.59 Å². The fourth-order valence-corrected chi connectivity index (χ4v) is 3.82. The molecular formula is C16H19Cl2N3O2. The Morgan fingerprint density at radius 2 is 1.78 bits per heavy atom. The average molecular weight is 356 g/mol. The second-order valence-corrected chi connectivity index (χ2v) is 7.01. The minimum absolute atomic E-state index is 0.0825. The zero-order valence-corrected chi connectivity index (χ0v) is 14.1. The number of hydrogen-bond donors (Lipinski definition) is 3. The van der Waals surface area contributed by atoms with E-state index in [-0.39, 0.29) is 30.3 Å². The topological polar surface area (TPSA) is 70.2 Å². The van der Waals surface area contributed by atoms with E-state index < -0.39 is 6.04 Å². The van der Waals surface area contributed by atoms with Gasteiger partial charge in [0.25, 0.3) is 0 Å². The van der Waals surface area contributed by atoms with E-state index in [1.54, 1.807) is 18.2 Å². The molecule has 2 aliphatic rings. The average Bonchev–Trinajstić information content (AvgIpc) is 2.46. The van der Waals surface area contributed by atoms with Gasteiger partial charge in [-0.2, -0.15) is 0 Å². The molecule has 2 amide bonds. The third kappa shape index (κ3) is 4.16. The molecule has 0 unspecified atom stereocenters. The van der Waals surface area contributed by atoms with E-state index in [1.165, 1.54) is 0 Å². The lowest BCUT2D eigenvalue weighted by atomic mass is 9.87.